The van der Waals surface area contributed by atoms with Crippen molar-refractivity contribution in [2.24, 2.45) is 0 Å². The van der Waals surface area contributed by atoms with Crippen LogP contribution in [0, 0.1) is 90.0 Å². The number of carboxylic acid groups (broad SMARTS) is 1. The van der Waals surface area contributed by atoms with Crippen LogP contribution in [0.4, 0.5) is 0 Å². The number of hydrogen-bond donors (Lipinski definition) is 3. The van der Waals surface area contributed by atoms with E-state index in [4.69, 9.17) is 0 Å². The van der Waals surface area contributed by atoms with Crippen LogP contribution in [0.15, 0.2) is 103 Å². The third-order valence-corrected chi connectivity index (χ3v) is 14.4. The van der Waals surface area contributed by atoms with E-state index >= 15 is 0 Å². The Balaban J connectivity index is 1.08. The zero-order valence-corrected chi connectivity index (χ0v) is 42.5. The van der Waals surface area contributed by atoms with Crippen LogP contribution in [0.5, 0.6) is 11.5 Å². The molecule has 0 saturated carbocycles. The molecule has 69 heavy (non-hydrogen) atoms. The molecule has 0 atom stereocenters. The number of ketones is 1. The number of rotatable bonds is 9. The summed E-state index contributed by atoms with van der Waals surface area (Å²) in [4.78, 5) is 23.6. The Kier molecular flexibility index (Phi) is 12.6. The lowest BCUT2D eigenvalue weighted by Crippen LogP contribution is -1.99. The maximum absolute atomic E-state index is 12.1. The minimum Gasteiger partial charge on any atom is -0.507 e. The monoisotopic (exact) mass is 910 g/mol. The molecule has 0 heterocycles. The van der Waals surface area contributed by atoms with Crippen molar-refractivity contribution in [1.82, 2.24) is 0 Å². The number of carbonyl (C=O) groups excluding carboxylic acids is 1. The SMILES string of the molecule is CC(=O)c1cc(C)c(-c2cc(C)c(-c3cc(C)c(-c4cc(C)c(-c5cc(C)c(-c6cc(C)c(-c7cc(C)c(-c8ccc(C(=O)O)c(O)c8)cc7C)cc6C)cc5C)cc4C)cc3C)cc2C)cc1O. The number of aryl methyl sites for hydroxylation is 13. The van der Waals surface area contributed by atoms with E-state index in [-0.39, 0.29) is 22.8 Å². The summed E-state index contributed by atoms with van der Waals surface area (Å²) in [6, 6.07) is 35.7. The van der Waals surface area contributed by atoms with Gasteiger partial charge in [-0.2, -0.15) is 0 Å². The molecule has 0 bridgehead atoms. The first-order valence-electron chi connectivity index (χ1n) is 23.7. The smallest absolute Gasteiger partial charge is 0.339 e. The maximum atomic E-state index is 12.1. The van der Waals surface area contributed by atoms with Crippen molar-refractivity contribution in [3.05, 3.63) is 187 Å². The standard InChI is InChI=1S/C64H62O5/c1-32-18-49(33(2)17-48(32)46-15-16-47(64(68)69)62(66)30-46)50-19-35(4)51(20-34(50)3)52-21-37(6)53(22-36(52)5)54-23-39(8)55(24-38(54)7)56-25-41(10)57(26-40(56)9)58-27-43(12)59(28-42(58)11)60-31-63(67)61(45(14)65)29-44(60)13/h15-31,66-67H,1-14H3,(H,68,69). The van der Waals surface area contributed by atoms with E-state index in [1.807, 2.05) is 6.92 Å². The zero-order chi connectivity index (χ0) is 50.1. The molecule has 0 saturated heterocycles. The molecule has 0 spiro atoms. The van der Waals surface area contributed by atoms with Gasteiger partial charge in [0, 0.05) is 0 Å². The number of hydrogen-bond acceptors (Lipinski definition) is 4. The van der Waals surface area contributed by atoms with Crippen LogP contribution in [-0.4, -0.2) is 27.1 Å². The summed E-state index contributed by atoms with van der Waals surface area (Å²) in [6.07, 6.45) is 0. The van der Waals surface area contributed by atoms with Gasteiger partial charge in [0.15, 0.2) is 5.78 Å². The average molecular weight is 911 g/mol. The van der Waals surface area contributed by atoms with Gasteiger partial charge in [0.05, 0.1) is 5.56 Å². The molecule has 3 N–H and O–H groups in total. The van der Waals surface area contributed by atoms with Crippen LogP contribution >= 0.6 is 0 Å². The van der Waals surface area contributed by atoms with Crippen LogP contribution < -0.4 is 0 Å². The summed E-state index contributed by atoms with van der Waals surface area (Å²) in [7, 11) is 0. The van der Waals surface area contributed by atoms with Crippen molar-refractivity contribution in [2.45, 2.75) is 96.9 Å². The zero-order valence-electron chi connectivity index (χ0n) is 42.5. The number of carboxylic acids is 1. The second kappa shape index (κ2) is 18.2. The van der Waals surface area contributed by atoms with Gasteiger partial charge in [0.2, 0.25) is 0 Å². The predicted octanol–water partition coefficient (Wildman–Crippen LogP) is 16.7. The Morgan fingerprint density at radius 1 is 0.290 bits per heavy atom. The lowest BCUT2D eigenvalue weighted by molar-refractivity contribution is 0.0693. The number of aromatic carboxylic acids is 1. The van der Waals surface area contributed by atoms with Gasteiger partial charge in [0.25, 0.3) is 0 Å². The quantitative estimate of drug-likeness (QED) is 0.125. The van der Waals surface area contributed by atoms with Crippen LogP contribution in [0.3, 0.4) is 0 Å². The van der Waals surface area contributed by atoms with Crippen molar-refractivity contribution < 1.29 is 24.9 Å². The lowest BCUT2D eigenvalue weighted by atomic mass is 9.83. The van der Waals surface area contributed by atoms with Crippen LogP contribution in [0.1, 0.15) is 100.0 Å². The van der Waals surface area contributed by atoms with E-state index in [1.165, 1.54) is 114 Å². The minimum atomic E-state index is -1.15. The van der Waals surface area contributed by atoms with Gasteiger partial charge in [-0.15, -0.1) is 0 Å². The largest absolute Gasteiger partial charge is 0.507 e. The van der Waals surface area contributed by atoms with E-state index in [0.29, 0.717) is 5.56 Å². The van der Waals surface area contributed by atoms with Crippen molar-refractivity contribution >= 4 is 11.8 Å². The Labute approximate surface area is 407 Å². The molecule has 0 amide bonds. The van der Waals surface area contributed by atoms with Crippen LogP contribution in [-0.2, 0) is 0 Å². The Morgan fingerprint density at radius 3 is 0.754 bits per heavy atom. The highest BCUT2D eigenvalue weighted by atomic mass is 16.4. The Bertz CT molecular complexity index is 3490. The molecular formula is C64H62O5. The third kappa shape index (κ3) is 8.79. The molecule has 8 aromatic carbocycles. The second-order valence-electron chi connectivity index (χ2n) is 19.7. The van der Waals surface area contributed by atoms with Gasteiger partial charge in [-0.05, 0) is 271 Å². The van der Waals surface area contributed by atoms with Gasteiger partial charge in [-0.3, -0.25) is 4.79 Å². The number of phenols is 2. The van der Waals surface area contributed by atoms with Crippen LogP contribution in [0.25, 0.3) is 77.9 Å². The summed E-state index contributed by atoms with van der Waals surface area (Å²) in [6.45, 7) is 29.5. The molecule has 8 rings (SSSR count). The Hall–Kier alpha value is -7.50. The molecule has 0 aromatic heterocycles. The summed E-state index contributed by atoms with van der Waals surface area (Å²) in [5.74, 6) is -1.53. The fourth-order valence-corrected chi connectivity index (χ4v) is 10.5. The first-order chi connectivity index (χ1) is 32.5. The summed E-state index contributed by atoms with van der Waals surface area (Å²) >= 11 is 0. The second-order valence-corrected chi connectivity index (χ2v) is 19.7. The van der Waals surface area contributed by atoms with E-state index in [9.17, 15) is 24.9 Å². The third-order valence-electron chi connectivity index (χ3n) is 14.4. The van der Waals surface area contributed by atoms with Crippen molar-refractivity contribution in [1.29, 1.82) is 0 Å². The summed E-state index contributed by atoms with van der Waals surface area (Å²) in [5.41, 5.74) is 31.2. The molecule has 5 heteroatoms. The van der Waals surface area contributed by atoms with E-state index in [1.54, 1.807) is 18.2 Å². The lowest BCUT2D eigenvalue weighted by Gasteiger charge is -2.21. The maximum Gasteiger partial charge on any atom is 0.339 e. The fourth-order valence-electron chi connectivity index (χ4n) is 10.5. The predicted molar refractivity (Wildman–Crippen MR) is 286 cm³/mol. The van der Waals surface area contributed by atoms with Crippen molar-refractivity contribution in [2.75, 3.05) is 0 Å². The van der Waals surface area contributed by atoms with Gasteiger partial charge < -0.3 is 15.3 Å². The molecule has 8 aromatic rings. The molecule has 0 aliphatic rings. The van der Waals surface area contributed by atoms with Gasteiger partial charge in [-0.25, -0.2) is 4.79 Å². The molecule has 5 nitrogen and oxygen atoms in total. The molecular weight excluding hydrogens is 849 g/mol. The topological polar surface area (TPSA) is 94.8 Å². The van der Waals surface area contributed by atoms with E-state index < -0.39 is 5.97 Å². The van der Waals surface area contributed by atoms with Gasteiger partial charge in [0.1, 0.15) is 17.1 Å². The summed E-state index contributed by atoms with van der Waals surface area (Å²) < 4.78 is 0. The molecule has 0 aliphatic heterocycles. The number of benzene rings is 8. The highest BCUT2D eigenvalue weighted by Crippen LogP contribution is 2.43. The number of Topliss-reactive ketones (excluding diaryl/α,β-unsaturated/α-hetero) is 1. The molecule has 0 radical (unpaired) electrons. The normalized spacial score (nSPS) is 11.3. The first kappa shape index (κ1) is 48.0. The van der Waals surface area contributed by atoms with Crippen LogP contribution in [0.2, 0.25) is 0 Å². The van der Waals surface area contributed by atoms with Crippen molar-refractivity contribution in [3.63, 3.8) is 0 Å². The molecule has 0 fully saturated rings. The van der Waals surface area contributed by atoms with Crippen molar-refractivity contribution in [3.8, 4) is 89.4 Å². The first-order valence-corrected chi connectivity index (χ1v) is 23.7. The number of carbonyl (C=O) groups is 2. The number of phenolic OH excluding ortho intramolecular Hbond substituents is 1. The molecule has 0 unspecified atom stereocenters. The highest BCUT2D eigenvalue weighted by molar-refractivity contribution is 5.98. The van der Waals surface area contributed by atoms with E-state index in [2.05, 4.69) is 156 Å². The average Bonchev–Trinajstić information content (AvgIpc) is 3.28. The van der Waals surface area contributed by atoms with Gasteiger partial charge >= 0.3 is 5.97 Å². The van der Waals surface area contributed by atoms with Gasteiger partial charge in [-0.1, -0.05) is 78.9 Å². The molecule has 348 valence electrons. The summed E-state index contributed by atoms with van der Waals surface area (Å²) in [5, 5.41) is 30.5. The minimum absolute atomic E-state index is 0.0130. The molecule has 0 aliphatic carbocycles. The highest BCUT2D eigenvalue weighted by Gasteiger charge is 2.21. The number of aromatic hydroxyl groups is 2. The Morgan fingerprint density at radius 2 is 0.507 bits per heavy atom. The fraction of sp³-hybridized carbons (Fsp3) is 0.219. The van der Waals surface area contributed by atoms with E-state index in [0.717, 1.165) is 55.6 Å².